The molecule has 0 saturated heterocycles. The summed E-state index contributed by atoms with van der Waals surface area (Å²) in [7, 11) is 0. The lowest BCUT2D eigenvalue weighted by atomic mass is 10.0. The zero-order valence-corrected chi connectivity index (χ0v) is 16.6. The summed E-state index contributed by atoms with van der Waals surface area (Å²) in [6.45, 7) is 0. The van der Waals surface area contributed by atoms with Gasteiger partial charge in [-0.25, -0.2) is 9.97 Å². The molecule has 0 N–H and O–H groups in total. The number of imide groups is 1. The van der Waals surface area contributed by atoms with Crippen LogP contribution in [0.3, 0.4) is 0 Å². The second-order valence-electron chi connectivity index (χ2n) is 7.22. The molecule has 2 aromatic heterocycles. The van der Waals surface area contributed by atoms with E-state index in [4.69, 9.17) is 0 Å². The molecule has 2 amide bonds. The quantitative estimate of drug-likeness (QED) is 0.471. The second kappa shape index (κ2) is 7.91. The van der Waals surface area contributed by atoms with Gasteiger partial charge in [0.15, 0.2) is 5.65 Å². The number of nitrogens with zero attached hydrogens (tertiary/aromatic N) is 4. The number of carbonyl (C=O) groups excluding carboxylic acids is 2. The van der Waals surface area contributed by atoms with E-state index in [9.17, 15) is 9.59 Å². The van der Waals surface area contributed by atoms with Gasteiger partial charge < -0.3 is 0 Å². The number of aromatic nitrogens is 2. The van der Waals surface area contributed by atoms with Gasteiger partial charge in [-0.2, -0.15) is 10.1 Å². The summed E-state index contributed by atoms with van der Waals surface area (Å²) < 4.78 is 0. The number of carbonyl (C=O) groups is 2. The van der Waals surface area contributed by atoms with Gasteiger partial charge in [0.25, 0.3) is 11.8 Å². The van der Waals surface area contributed by atoms with Crippen molar-refractivity contribution in [2.75, 3.05) is 0 Å². The Bertz CT molecular complexity index is 1320. The molecule has 2 aromatic carbocycles. The van der Waals surface area contributed by atoms with Crippen LogP contribution in [0, 0.1) is 0 Å². The Kier molecular flexibility index (Phi) is 4.80. The van der Waals surface area contributed by atoms with Crippen molar-refractivity contribution in [1.82, 2.24) is 15.0 Å². The highest BCUT2D eigenvalue weighted by atomic mass is 16.2. The van der Waals surface area contributed by atoms with E-state index < -0.39 is 5.91 Å². The first kappa shape index (κ1) is 18.8. The van der Waals surface area contributed by atoms with Crippen LogP contribution in [0.1, 0.15) is 28.8 Å². The van der Waals surface area contributed by atoms with Gasteiger partial charge in [-0.15, -0.1) is 0 Å². The molecule has 0 bridgehead atoms. The summed E-state index contributed by atoms with van der Waals surface area (Å²) in [5.41, 5.74) is 3.72. The third-order valence-corrected chi connectivity index (χ3v) is 5.20. The van der Waals surface area contributed by atoms with E-state index in [1.165, 1.54) is 0 Å². The van der Waals surface area contributed by atoms with Gasteiger partial charge in [-0.3, -0.25) is 9.59 Å². The molecule has 0 unspecified atom stereocenters. The highest BCUT2D eigenvalue weighted by molar-refractivity contribution is 6.13. The van der Waals surface area contributed by atoms with E-state index >= 15 is 0 Å². The fourth-order valence-corrected chi connectivity index (χ4v) is 3.65. The Balaban J connectivity index is 1.64. The molecule has 5 rings (SSSR count). The van der Waals surface area contributed by atoms with Crippen LogP contribution in [0.5, 0.6) is 0 Å². The molecule has 0 aliphatic carbocycles. The molecular weight excluding hydrogens is 388 g/mol. The SMILES string of the molecule is O=C1CCC(c2ccccc2)=NN1C(=O)c1cc2cccnc2nc1-c1ccccc1. The van der Waals surface area contributed by atoms with Gasteiger partial charge in [-0.05, 0) is 23.8 Å². The van der Waals surface area contributed by atoms with Crippen molar-refractivity contribution < 1.29 is 9.59 Å². The Labute approximate surface area is 178 Å². The number of fused-ring (bicyclic) bond motifs is 1. The molecule has 6 heteroatoms. The minimum absolute atomic E-state index is 0.225. The Morgan fingerprint density at radius 2 is 1.55 bits per heavy atom. The predicted octanol–water partition coefficient (Wildman–Crippen LogP) is 4.46. The van der Waals surface area contributed by atoms with Crippen molar-refractivity contribution in [1.29, 1.82) is 0 Å². The Morgan fingerprint density at radius 1 is 0.839 bits per heavy atom. The van der Waals surface area contributed by atoms with Crippen LogP contribution in [0.25, 0.3) is 22.3 Å². The molecule has 0 radical (unpaired) electrons. The van der Waals surface area contributed by atoms with Crippen LogP contribution in [-0.4, -0.2) is 32.5 Å². The van der Waals surface area contributed by atoms with Crippen molar-refractivity contribution in [3.63, 3.8) is 0 Å². The summed E-state index contributed by atoms with van der Waals surface area (Å²) in [6, 6.07) is 24.4. The lowest BCUT2D eigenvalue weighted by Gasteiger charge is -2.23. The third kappa shape index (κ3) is 3.59. The highest BCUT2D eigenvalue weighted by Crippen LogP contribution is 2.27. The van der Waals surface area contributed by atoms with Crippen molar-refractivity contribution in [2.24, 2.45) is 5.10 Å². The average molecular weight is 406 g/mol. The Hall–Kier alpha value is -4.19. The van der Waals surface area contributed by atoms with Gasteiger partial charge in [0, 0.05) is 30.0 Å². The Morgan fingerprint density at radius 3 is 2.29 bits per heavy atom. The number of hydrogen-bond donors (Lipinski definition) is 0. The molecule has 1 aliphatic rings. The summed E-state index contributed by atoms with van der Waals surface area (Å²) in [5, 5.41) is 6.14. The van der Waals surface area contributed by atoms with Crippen molar-refractivity contribution in [3.05, 3.63) is 96.2 Å². The lowest BCUT2D eigenvalue weighted by molar-refractivity contribution is -0.129. The van der Waals surface area contributed by atoms with Crippen LogP contribution in [-0.2, 0) is 4.79 Å². The van der Waals surface area contributed by atoms with Crippen molar-refractivity contribution in [3.8, 4) is 11.3 Å². The summed E-state index contributed by atoms with van der Waals surface area (Å²) >= 11 is 0. The zero-order valence-electron chi connectivity index (χ0n) is 16.6. The molecule has 150 valence electrons. The zero-order chi connectivity index (χ0) is 21.2. The largest absolute Gasteiger partial charge is 0.283 e. The summed E-state index contributed by atoms with van der Waals surface area (Å²) in [6.07, 6.45) is 2.39. The van der Waals surface area contributed by atoms with E-state index in [0.29, 0.717) is 29.0 Å². The molecule has 0 atom stereocenters. The van der Waals surface area contributed by atoms with E-state index in [2.05, 4.69) is 15.1 Å². The first-order valence-corrected chi connectivity index (χ1v) is 10.0. The molecule has 1 aliphatic heterocycles. The summed E-state index contributed by atoms with van der Waals surface area (Å²) in [5.74, 6) is -0.815. The third-order valence-electron chi connectivity index (χ3n) is 5.20. The number of pyridine rings is 2. The van der Waals surface area contributed by atoms with Gasteiger partial charge >= 0.3 is 0 Å². The van der Waals surface area contributed by atoms with Crippen LogP contribution in [0.4, 0.5) is 0 Å². The first-order chi connectivity index (χ1) is 15.2. The highest BCUT2D eigenvalue weighted by Gasteiger charge is 2.30. The van der Waals surface area contributed by atoms with Crippen LogP contribution in [0.15, 0.2) is 90.2 Å². The maximum Gasteiger partial charge on any atom is 0.283 e. The minimum atomic E-state index is -0.491. The minimum Gasteiger partial charge on any atom is -0.272 e. The molecule has 31 heavy (non-hydrogen) atoms. The van der Waals surface area contributed by atoms with Gasteiger partial charge in [-0.1, -0.05) is 60.7 Å². The van der Waals surface area contributed by atoms with E-state index in [0.717, 1.165) is 21.5 Å². The molecule has 0 saturated carbocycles. The van der Waals surface area contributed by atoms with Crippen molar-refractivity contribution in [2.45, 2.75) is 12.8 Å². The van der Waals surface area contributed by atoms with Crippen LogP contribution >= 0.6 is 0 Å². The molecule has 0 fully saturated rings. The van der Waals surface area contributed by atoms with Gasteiger partial charge in [0.2, 0.25) is 0 Å². The van der Waals surface area contributed by atoms with E-state index in [1.54, 1.807) is 18.3 Å². The van der Waals surface area contributed by atoms with E-state index in [-0.39, 0.29) is 12.3 Å². The molecular formula is C25H18N4O2. The van der Waals surface area contributed by atoms with Gasteiger partial charge in [0.1, 0.15) is 0 Å². The fraction of sp³-hybridized carbons (Fsp3) is 0.0800. The maximum atomic E-state index is 13.6. The number of hydrazone groups is 1. The number of amides is 2. The molecule has 4 aromatic rings. The summed E-state index contributed by atoms with van der Waals surface area (Å²) in [4.78, 5) is 35.2. The smallest absolute Gasteiger partial charge is 0.272 e. The number of rotatable bonds is 3. The normalized spacial score (nSPS) is 13.9. The topological polar surface area (TPSA) is 75.5 Å². The predicted molar refractivity (Wildman–Crippen MR) is 118 cm³/mol. The maximum absolute atomic E-state index is 13.6. The lowest BCUT2D eigenvalue weighted by Crippen LogP contribution is -2.37. The number of hydrogen-bond acceptors (Lipinski definition) is 5. The molecule has 0 spiro atoms. The van der Waals surface area contributed by atoms with Crippen LogP contribution < -0.4 is 0 Å². The van der Waals surface area contributed by atoms with Gasteiger partial charge in [0.05, 0.1) is 17.0 Å². The average Bonchev–Trinajstić information content (AvgIpc) is 2.84. The second-order valence-corrected chi connectivity index (χ2v) is 7.22. The first-order valence-electron chi connectivity index (χ1n) is 10.0. The van der Waals surface area contributed by atoms with E-state index in [1.807, 2.05) is 66.7 Å². The van der Waals surface area contributed by atoms with Crippen molar-refractivity contribution >= 4 is 28.6 Å². The van der Waals surface area contributed by atoms with Crippen LogP contribution in [0.2, 0.25) is 0 Å². The monoisotopic (exact) mass is 406 g/mol. The standard InChI is InChI=1S/C25H18N4O2/c30-22-14-13-21(17-8-3-1-4-9-17)28-29(22)25(31)20-16-19-12-7-15-26-24(19)27-23(20)18-10-5-2-6-11-18/h1-12,15-16H,13-14H2. The number of benzene rings is 2. The fourth-order valence-electron chi connectivity index (χ4n) is 3.65. The molecule has 6 nitrogen and oxygen atoms in total. The molecule has 3 heterocycles.